The van der Waals surface area contributed by atoms with E-state index in [-0.39, 0.29) is 12.5 Å². The fourth-order valence-electron chi connectivity index (χ4n) is 3.09. The number of likely N-dealkylation sites (tertiary alicyclic amines) is 1. The monoisotopic (exact) mass is 267 g/mol. The molecule has 6 heteroatoms. The van der Waals surface area contributed by atoms with E-state index in [1.54, 1.807) is 6.92 Å². The van der Waals surface area contributed by atoms with Crippen molar-refractivity contribution < 1.29 is 14.4 Å². The van der Waals surface area contributed by atoms with Gasteiger partial charge >= 0.3 is 6.03 Å². The summed E-state index contributed by atoms with van der Waals surface area (Å²) in [7, 11) is 0. The van der Waals surface area contributed by atoms with Gasteiger partial charge in [0.2, 0.25) is 0 Å². The SMILES string of the molecule is CCC[C@@]1(N2CCCC2)C(=O)NC(=O)N(CC)C1=O. The van der Waals surface area contributed by atoms with Gasteiger partial charge in [0, 0.05) is 6.54 Å². The van der Waals surface area contributed by atoms with E-state index in [9.17, 15) is 14.4 Å². The number of nitrogens with one attached hydrogen (secondary N) is 1. The van der Waals surface area contributed by atoms with Gasteiger partial charge in [0.1, 0.15) is 0 Å². The topological polar surface area (TPSA) is 69.7 Å². The first-order valence-corrected chi connectivity index (χ1v) is 7.00. The highest BCUT2D eigenvalue weighted by molar-refractivity contribution is 6.22. The zero-order chi connectivity index (χ0) is 14.0. The Kier molecular flexibility index (Phi) is 3.89. The summed E-state index contributed by atoms with van der Waals surface area (Å²) in [5.41, 5.74) is -1.17. The van der Waals surface area contributed by atoms with Crippen molar-refractivity contribution in [1.29, 1.82) is 0 Å². The number of urea groups is 1. The van der Waals surface area contributed by atoms with Crippen molar-refractivity contribution in [2.45, 2.75) is 45.1 Å². The third kappa shape index (κ3) is 2.04. The molecule has 106 valence electrons. The van der Waals surface area contributed by atoms with Crippen LogP contribution in [0, 0.1) is 0 Å². The van der Waals surface area contributed by atoms with E-state index in [0.29, 0.717) is 6.42 Å². The Morgan fingerprint density at radius 2 is 1.79 bits per heavy atom. The maximum Gasteiger partial charge on any atom is 0.330 e. The van der Waals surface area contributed by atoms with Gasteiger partial charge in [0.15, 0.2) is 5.54 Å². The molecule has 0 saturated carbocycles. The van der Waals surface area contributed by atoms with Crippen LogP contribution < -0.4 is 5.32 Å². The molecule has 0 unspecified atom stereocenters. The summed E-state index contributed by atoms with van der Waals surface area (Å²) in [5, 5.41) is 2.35. The van der Waals surface area contributed by atoms with Crippen molar-refractivity contribution in [3.05, 3.63) is 0 Å². The van der Waals surface area contributed by atoms with E-state index in [2.05, 4.69) is 5.32 Å². The molecule has 2 fully saturated rings. The van der Waals surface area contributed by atoms with E-state index in [4.69, 9.17) is 0 Å². The molecular weight excluding hydrogens is 246 g/mol. The summed E-state index contributed by atoms with van der Waals surface area (Å²) in [6, 6.07) is -0.594. The fourth-order valence-corrected chi connectivity index (χ4v) is 3.09. The molecule has 2 heterocycles. The van der Waals surface area contributed by atoms with Crippen molar-refractivity contribution in [2.75, 3.05) is 19.6 Å². The molecule has 0 radical (unpaired) electrons. The van der Waals surface area contributed by atoms with E-state index < -0.39 is 17.5 Å². The van der Waals surface area contributed by atoms with Gasteiger partial charge in [-0.1, -0.05) is 13.3 Å². The van der Waals surface area contributed by atoms with Crippen LogP contribution in [0.5, 0.6) is 0 Å². The Morgan fingerprint density at radius 3 is 2.32 bits per heavy atom. The molecule has 0 spiro atoms. The minimum atomic E-state index is -1.17. The summed E-state index contributed by atoms with van der Waals surface area (Å²) in [4.78, 5) is 39.8. The first kappa shape index (κ1) is 14.0. The Bertz CT molecular complexity index is 404. The molecule has 2 saturated heterocycles. The number of rotatable bonds is 4. The molecule has 2 aliphatic rings. The Morgan fingerprint density at radius 1 is 1.16 bits per heavy atom. The van der Waals surface area contributed by atoms with Crippen molar-refractivity contribution in [3.63, 3.8) is 0 Å². The fraction of sp³-hybridized carbons (Fsp3) is 0.769. The molecular formula is C13H21N3O3. The molecule has 0 aromatic carbocycles. The number of carbonyl (C=O) groups excluding carboxylic acids is 3. The van der Waals surface area contributed by atoms with E-state index in [0.717, 1.165) is 37.3 Å². The highest BCUT2D eigenvalue weighted by atomic mass is 16.2. The zero-order valence-corrected chi connectivity index (χ0v) is 11.6. The first-order valence-electron chi connectivity index (χ1n) is 7.00. The van der Waals surface area contributed by atoms with E-state index in [1.807, 2.05) is 11.8 Å². The molecule has 6 nitrogen and oxygen atoms in total. The molecule has 19 heavy (non-hydrogen) atoms. The molecule has 2 rings (SSSR count). The van der Waals surface area contributed by atoms with Crippen LogP contribution in [0.4, 0.5) is 4.79 Å². The number of barbiturate groups is 1. The summed E-state index contributed by atoms with van der Waals surface area (Å²) in [6.07, 6.45) is 3.17. The predicted octanol–water partition coefficient (Wildman–Crippen LogP) is 0.719. The van der Waals surface area contributed by atoms with Crippen molar-refractivity contribution in [2.24, 2.45) is 0 Å². The minimum Gasteiger partial charge on any atom is -0.282 e. The summed E-state index contributed by atoms with van der Waals surface area (Å²) < 4.78 is 0. The number of nitrogens with zero attached hydrogens (tertiary/aromatic N) is 2. The van der Waals surface area contributed by atoms with Gasteiger partial charge in [0.05, 0.1) is 0 Å². The molecule has 4 amide bonds. The molecule has 0 aliphatic carbocycles. The van der Waals surface area contributed by atoms with Crippen molar-refractivity contribution >= 4 is 17.8 Å². The van der Waals surface area contributed by atoms with Gasteiger partial charge in [-0.25, -0.2) is 4.79 Å². The quantitative estimate of drug-likeness (QED) is 0.762. The van der Waals surface area contributed by atoms with Crippen LogP contribution in [-0.4, -0.2) is 52.8 Å². The lowest BCUT2D eigenvalue weighted by Gasteiger charge is -2.44. The van der Waals surface area contributed by atoms with Crippen molar-refractivity contribution in [3.8, 4) is 0 Å². The number of hydrogen-bond acceptors (Lipinski definition) is 4. The summed E-state index contributed by atoms with van der Waals surface area (Å²) >= 11 is 0. The number of likely N-dealkylation sites (N-methyl/N-ethyl adjacent to an activating group) is 1. The molecule has 2 aliphatic heterocycles. The molecule has 0 aromatic rings. The second-order valence-corrected chi connectivity index (χ2v) is 5.11. The van der Waals surface area contributed by atoms with Gasteiger partial charge < -0.3 is 0 Å². The third-order valence-electron chi connectivity index (χ3n) is 4.01. The highest BCUT2D eigenvalue weighted by Gasteiger charge is 2.56. The lowest BCUT2D eigenvalue weighted by molar-refractivity contribution is -0.154. The Hall–Kier alpha value is -1.43. The number of carbonyl (C=O) groups is 3. The van der Waals surface area contributed by atoms with E-state index in [1.165, 1.54) is 0 Å². The van der Waals surface area contributed by atoms with Crippen LogP contribution in [0.2, 0.25) is 0 Å². The van der Waals surface area contributed by atoms with Crippen LogP contribution >= 0.6 is 0 Å². The molecule has 0 bridgehead atoms. The molecule has 0 aromatic heterocycles. The van der Waals surface area contributed by atoms with Gasteiger partial charge in [0.25, 0.3) is 11.8 Å². The minimum absolute atomic E-state index is 0.289. The number of amides is 4. The predicted molar refractivity (Wildman–Crippen MR) is 69.4 cm³/mol. The molecule has 1 N–H and O–H groups in total. The standard InChI is InChI=1S/C13H21N3O3/c1-3-7-13(15-8-5-6-9-15)10(17)14-12(19)16(4-2)11(13)18/h3-9H2,1-2H3,(H,14,17,19)/t13-/m1/s1. The second kappa shape index (κ2) is 5.28. The highest BCUT2D eigenvalue weighted by Crippen LogP contribution is 2.31. The third-order valence-corrected chi connectivity index (χ3v) is 4.01. The Balaban J connectivity index is 2.41. The summed E-state index contributed by atoms with van der Waals surface area (Å²) in [6.45, 7) is 5.46. The van der Waals surface area contributed by atoms with Crippen LogP contribution in [0.25, 0.3) is 0 Å². The maximum atomic E-state index is 12.7. The van der Waals surface area contributed by atoms with Crippen LogP contribution in [-0.2, 0) is 9.59 Å². The average Bonchev–Trinajstić information content (AvgIpc) is 2.89. The molecule has 1 atom stereocenters. The number of hydrogen-bond donors (Lipinski definition) is 1. The van der Waals surface area contributed by atoms with Gasteiger partial charge in [-0.05, 0) is 39.3 Å². The van der Waals surface area contributed by atoms with Crippen LogP contribution in [0.1, 0.15) is 39.5 Å². The zero-order valence-electron chi connectivity index (χ0n) is 11.6. The van der Waals surface area contributed by atoms with Gasteiger partial charge in [-0.15, -0.1) is 0 Å². The van der Waals surface area contributed by atoms with Crippen LogP contribution in [0.3, 0.4) is 0 Å². The lowest BCUT2D eigenvalue weighted by Crippen LogP contribution is -2.73. The van der Waals surface area contributed by atoms with E-state index >= 15 is 0 Å². The smallest absolute Gasteiger partial charge is 0.282 e. The first-order chi connectivity index (χ1) is 9.07. The lowest BCUT2D eigenvalue weighted by atomic mass is 9.87. The van der Waals surface area contributed by atoms with Gasteiger partial charge in [-0.3, -0.25) is 24.7 Å². The normalized spacial score (nSPS) is 28.9. The Labute approximate surface area is 113 Å². The van der Waals surface area contributed by atoms with Crippen LogP contribution in [0.15, 0.2) is 0 Å². The largest absolute Gasteiger partial charge is 0.330 e. The number of imide groups is 2. The van der Waals surface area contributed by atoms with Crippen molar-refractivity contribution in [1.82, 2.24) is 15.1 Å². The van der Waals surface area contributed by atoms with Gasteiger partial charge in [-0.2, -0.15) is 0 Å². The maximum absolute atomic E-state index is 12.7. The second-order valence-electron chi connectivity index (χ2n) is 5.11. The summed E-state index contributed by atoms with van der Waals surface area (Å²) in [5.74, 6) is -0.802. The average molecular weight is 267 g/mol.